The first kappa shape index (κ1) is 16.6. The fourth-order valence-electron chi connectivity index (χ4n) is 2.96. The molecule has 22 heavy (non-hydrogen) atoms. The van der Waals surface area contributed by atoms with Crippen molar-refractivity contribution in [2.75, 3.05) is 18.0 Å². The van der Waals surface area contributed by atoms with Crippen LogP contribution in [0.3, 0.4) is 0 Å². The molecule has 5 nitrogen and oxygen atoms in total. The Balaban J connectivity index is 1.82. The molecule has 0 unspecified atom stereocenters. The third-order valence-electron chi connectivity index (χ3n) is 4.29. The molecule has 1 heterocycles. The average Bonchev–Trinajstić information content (AvgIpc) is 2.55. The van der Waals surface area contributed by atoms with Gasteiger partial charge >= 0.3 is 6.03 Å². The van der Waals surface area contributed by atoms with Crippen molar-refractivity contribution in [3.8, 4) is 0 Å². The van der Waals surface area contributed by atoms with Gasteiger partial charge in [-0.05, 0) is 44.4 Å². The number of urea groups is 1. The van der Waals surface area contributed by atoms with Crippen molar-refractivity contribution in [3.63, 3.8) is 0 Å². The molecule has 1 aromatic rings. The summed E-state index contributed by atoms with van der Waals surface area (Å²) in [7, 11) is 0. The number of pyridine rings is 1. The van der Waals surface area contributed by atoms with E-state index in [1.54, 1.807) is 0 Å². The summed E-state index contributed by atoms with van der Waals surface area (Å²) in [4.78, 5) is 18.6. The lowest BCUT2D eigenvalue weighted by Crippen LogP contribution is -2.42. The summed E-state index contributed by atoms with van der Waals surface area (Å²) in [5.41, 5.74) is 1.08. The van der Waals surface area contributed by atoms with Gasteiger partial charge in [0, 0.05) is 31.9 Å². The number of amides is 2. The number of anilines is 1. The van der Waals surface area contributed by atoms with Crippen molar-refractivity contribution in [1.82, 2.24) is 15.6 Å². The highest BCUT2D eigenvalue weighted by molar-refractivity contribution is 5.74. The highest BCUT2D eigenvalue weighted by atomic mass is 16.2. The molecule has 1 saturated carbocycles. The van der Waals surface area contributed by atoms with Crippen molar-refractivity contribution >= 4 is 11.8 Å². The van der Waals surface area contributed by atoms with Gasteiger partial charge in [-0.2, -0.15) is 0 Å². The smallest absolute Gasteiger partial charge is 0.315 e. The molecule has 0 radical (unpaired) electrons. The molecular weight excluding hydrogens is 276 g/mol. The lowest BCUT2D eigenvalue weighted by Gasteiger charge is -2.23. The maximum Gasteiger partial charge on any atom is 0.315 e. The van der Waals surface area contributed by atoms with Crippen LogP contribution in [0.25, 0.3) is 0 Å². The third-order valence-corrected chi connectivity index (χ3v) is 4.29. The Labute approximate surface area is 133 Å². The molecule has 0 spiro atoms. The first-order valence-corrected chi connectivity index (χ1v) is 8.47. The molecule has 122 valence electrons. The van der Waals surface area contributed by atoms with Crippen molar-refractivity contribution < 1.29 is 4.79 Å². The molecular formula is C17H28N4O. The molecule has 0 aliphatic heterocycles. The minimum atomic E-state index is -0.0619. The van der Waals surface area contributed by atoms with Crippen LogP contribution in [0, 0.1) is 0 Å². The average molecular weight is 304 g/mol. The van der Waals surface area contributed by atoms with E-state index in [-0.39, 0.29) is 6.03 Å². The number of aromatic nitrogens is 1. The molecule has 0 aromatic carbocycles. The number of rotatable bonds is 6. The van der Waals surface area contributed by atoms with Gasteiger partial charge in [-0.15, -0.1) is 0 Å². The topological polar surface area (TPSA) is 57.3 Å². The predicted octanol–water partition coefficient (Wildman–Crippen LogP) is 3.06. The Hall–Kier alpha value is -1.78. The zero-order valence-electron chi connectivity index (χ0n) is 13.8. The maximum atomic E-state index is 12.0. The van der Waals surface area contributed by atoms with Crippen LogP contribution >= 0.6 is 0 Å². The Morgan fingerprint density at radius 2 is 2.00 bits per heavy atom. The Bertz CT molecular complexity index is 467. The Kier molecular flexibility index (Phi) is 6.49. The van der Waals surface area contributed by atoms with E-state index in [0.717, 1.165) is 37.3 Å². The molecule has 2 rings (SSSR count). The van der Waals surface area contributed by atoms with Crippen LogP contribution in [-0.2, 0) is 6.54 Å². The lowest BCUT2D eigenvalue weighted by atomic mass is 9.96. The lowest BCUT2D eigenvalue weighted by molar-refractivity contribution is 0.232. The monoisotopic (exact) mass is 304 g/mol. The highest BCUT2D eigenvalue weighted by Crippen LogP contribution is 2.17. The minimum Gasteiger partial charge on any atom is -0.357 e. The van der Waals surface area contributed by atoms with E-state index in [2.05, 4.69) is 34.4 Å². The number of carbonyl (C=O) groups excluding carboxylic acids is 1. The summed E-state index contributed by atoms with van der Waals surface area (Å²) in [5, 5.41) is 6.02. The van der Waals surface area contributed by atoms with Crippen molar-refractivity contribution in [3.05, 3.63) is 23.9 Å². The molecule has 5 heteroatoms. The first-order chi connectivity index (χ1) is 10.7. The molecule has 2 amide bonds. The summed E-state index contributed by atoms with van der Waals surface area (Å²) >= 11 is 0. The van der Waals surface area contributed by atoms with E-state index >= 15 is 0 Å². The largest absolute Gasteiger partial charge is 0.357 e. The van der Waals surface area contributed by atoms with Gasteiger partial charge in [0.15, 0.2) is 0 Å². The summed E-state index contributed by atoms with van der Waals surface area (Å²) < 4.78 is 0. The van der Waals surface area contributed by atoms with Crippen LogP contribution in [0.5, 0.6) is 0 Å². The second kappa shape index (κ2) is 8.61. The number of hydrogen-bond donors (Lipinski definition) is 2. The maximum absolute atomic E-state index is 12.0. The fraction of sp³-hybridized carbons (Fsp3) is 0.647. The van der Waals surface area contributed by atoms with E-state index in [0.29, 0.717) is 12.6 Å². The van der Waals surface area contributed by atoms with Gasteiger partial charge in [0.25, 0.3) is 0 Å². The van der Waals surface area contributed by atoms with E-state index in [4.69, 9.17) is 0 Å². The van der Waals surface area contributed by atoms with Gasteiger partial charge in [0.1, 0.15) is 5.82 Å². The zero-order valence-corrected chi connectivity index (χ0v) is 13.8. The second-order valence-corrected chi connectivity index (χ2v) is 5.86. The van der Waals surface area contributed by atoms with Crippen LogP contribution in [0.1, 0.15) is 51.5 Å². The zero-order chi connectivity index (χ0) is 15.8. The molecule has 1 aliphatic carbocycles. The predicted molar refractivity (Wildman–Crippen MR) is 90.0 cm³/mol. The first-order valence-electron chi connectivity index (χ1n) is 8.47. The minimum absolute atomic E-state index is 0.0619. The third kappa shape index (κ3) is 4.90. The van der Waals surface area contributed by atoms with Crippen LogP contribution in [0.15, 0.2) is 18.3 Å². The summed E-state index contributed by atoms with van der Waals surface area (Å²) in [6, 6.07) is 4.28. The highest BCUT2D eigenvalue weighted by Gasteiger charge is 2.15. The molecule has 1 fully saturated rings. The SMILES string of the molecule is CCN(CC)c1cc(CNC(=O)NC2CCCCC2)ccn1. The molecule has 0 saturated heterocycles. The summed E-state index contributed by atoms with van der Waals surface area (Å²) in [6.45, 7) is 6.64. The second-order valence-electron chi connectivity index (χ2n) is 5.86. The van der Waals surface area contributed by atoms with Crippen molar-refractivity contribution in [2.45, 2.75) is 58.5 Å². The van der Waals surface area contributed by atoms with E-state index < -0.39 is 0 Å². The fourth-order valence-corrected chi connectivity index (χ4v) is 2.96. The van der Waals surface area contributed by atoms with Crippen LogP contribution in [0.2, 0.25) is 0 Å². The number of nitrogens with one attached hydrogen (secondary N) is 2. The van der Waals surface area contributed by atoms with Gasteiger partial charge in [0.2, 0.25) is 0 Å². The summed E-state index contributed by atoms with van der Waals surface area (Å²) in [5.74, 6) is 0.969. The van der Waals surface area contributed by atoms with Crippen LogP contribution in [-0.4, -0.2) is 30.1 Å². The van der Waals surface area contributed by atoms with Crippen molar-refractivity contribution in [1.29, 1.82) is 0 Å². The quantitative estimate of drug-likeness (QED) is 0.849. The number of carbonyl (C=O) groups is 1. The standard InChI is InChI=1S/C17H28N4O/c1-3-21(4-2)16-12-14(10-11-18-16)13-19-17(22)20-15-8-6-5-7-9-15/h10-12,15H,3-9,13H2,1-2H3,(H2,19,20,22). The van der Waals surface area contributed by atoms with Gasteiger partial charge in [-0.25, -0.2) is 9.78 Å². The van der Waals surface area contributed by atoms with E-state index in [1.807, 2.05) is 18.3 Å². The van der Waals surface area contributed by atoms with Crippen LogP contribution < -0.4 is 15.5 Å². The molecule has 0 bridgehead atoms. The summed E-state index contributed by atoms with van der Waals surface area (Å²) in [6.07, 6.45) is 7.77. The van der Waals surface area contributed by atoms with Gasteiger partial charge in [-0.1, -0.05) is 19.3 Å². The normalized spacial score (nSPS) is 15.4. The Morgan fingerprint density at radius 3 is 2.68 bits per heavy atom. The van der Waals surface area contributed by atoms with Gasteiger partial charge in [-0.3, -0.25) is 0 Å². The van der Waals surface area contributed by atoms with E-state index in [9.17, 15) is 4.79 Å². The van der Waals surface area contributed by atoms with Gasteiger partial charge < -0.3 is 15.5 Å². The van der Waals surface area contributed by atoms with Gasteiger partial charge in [0.05, 0.1) is 0 Å². The van der Waals surface area contributed by atoms with E-state index in [1.165, 1.54) is 19.3 Å². The molecule has 1 aromatic heterocycles. The number of nitrogens with zero attached hydrogens (tertiary/aromatic N) is 2. The van der Waals surface area contributed by atoms with Crippen molar-refractivity contribution in [2.24, 2.45) is 0 Å². The molecule has 0 atom stereocenters. The van der Waals surface area contributed by atoms with Crippen LogP contribution in [0.4, 0.5) is 10.6 Å². The molecule has 2 N–H and O–H groups in total. The number of hydrogen-bond acceptors (Lipinski definition) is 3. The Morgan fingerprint density at radius 1 is 1.27 bits per heavy atom. The molecule has 1 aliphatic rings.